The number of rotatable bonds is 5. The third-order valence-corrected chi connectivity index (χ3v) is 5.97. The molecule has 30 heavy (non-hydrogen) atoms. The highest BCUT2D eigenvalue weighted by Crippen LogP contribution is 2.22. The van der Waals surface area contributed by atoms with E-state index in [9.17, 15) is 14.0 Å². The first-order valence-corrected chi connectivity index (χ1v) is 10.7. The van der Waals surface area contributed by atoms with Crippen LogP contribution in [0.25, 0.3) is 0 Å². The van der Waals surface area contributed by atoms with Crippen molar-refractivity contribution in [1.82, 2.24) is 9.80 Å². The van der Waals surface area contributed by atoms with Gasteiger partial charge in [0.2, 0.25) is 11.8 Å². The molecule has 0 atom stereocenters. The number of piperazine rings is 1. The average Bonchev–Trinajstić information content (AvgIpc) is 2.74. The number of aryl methyl sites for hydroxylation is 2. The van der Waals surface area contributed by atoms with Crippen LogP contribution < -0.4 is 5.32 Å². The standard InChI is InChI=1S/C24H28FN3O2/c25-21-6-3-7-22(16-21)26-23(29)17-27-10-12-28(13-11-27)24(30)15-18-8-9-19-4-1-2-5-20(19)14-18/h3,6-9,14,16H,1-2,4-5,10-13,15,17H2,(H,26,29). The zero-order chi connectivity index (χ0) is 20.9. The monoisotopic (exact) mass is 409 g/mol. The minimum Gasteiger partial charge on any atom is -0.340 e. The maximum Gasteiger partial charge on any atom is 0.238 e. The number of fused-ring (bicyclic) bond motifs is 1. The van der Waals surface area contributed by atoms with E-state index in [2.05, 4.69) is 23.5 Å². The molecular formula is C24H28FN3O2. The van der Waals surface area contributed by atoms with Gasteiger partial charge in [-0.05, 0) is 60.6 Å². The van der Waals surface area contributed by atoms with Gasteiger partial charge in [-0.2, -0.15) is 0 Å². The van der Waals surface area contributed by atoms with Crippen molar-refractivity contribution in [1.29, 1.82) is 0 Å². The van der Waals surface area contributed by atoms with Gasteiger partial charge >= 0.3 is 0 Å². The Morgan fingerprint density at radius 1 is 0.933 bits per heavy atom. The highest BCUT2D eigenvalue weighted by Gasteiger charge is 2.23. The van der Waals surface area contributed by atoms with Crippen molar-refractivity contribution in [2.45, 2.75) is 32.1 Å². The first kappa shape index (κ1) is 20.5. The van der Waals surface area contributed by atoms with Gasteiger partial charge in [0.05, 0.1) is 13.0 Å². The fraction of sp³-hybridized carbons (Fsp3) is 0.417. The molecule has 1 saturated heterocycles. The summed E-state index contributed by atoms with van der Waals surface area (Å²) in [7, 11) is 0. The highest BCUT2D eigenvalue weighted by molar-refractivity contribution is 5.92. The molecule has 0 bridgehead atoms. The molecule has 1 aliphatic carbocycles. The van der Waals surface area contributed by atoms with Crippen LogP contribution in [-0.2, 0) is 28.9 Å². The van der Waals surface area contributed by atoms with Gasteiger partial charge in [0, 0.05) is 31.9 Å². The van der Waals surface area contributed by atoms with Gasteiger partial charge in [-0.3, -0.25) is 14.5 Å². The molecule has 4 rings (SSSR count). The van der Waals surface area contributed by atoms with E-state index in [1.165, 1.54) is 36.1 Å². The number of amides is 2. The molecule has 0 saturated carbocycles. The minimum absolute atomic E-state index is 0.148. The Morgan fingerprint density at radius 3 is 2.47 bits per heavy atom. The van der Waals surface area contributed by atoms with Gasteiger partial charge in [-0.15, -0.1) is 0 Å². The molecule has 0 aromatic heterocycles. The maximum absolute atomic E-state index is 13.2. The lowest BCUT2D eigenvalue weighted by atomic mass is 9.90. The lowest BCUT2D eigenvalue weighted by Gasteiger charge is -2.34. The van der Waals surface area contributed by atoms with E-state index in [1.807, 2.05) is 9.80 Å². The molecule has 2 amide bonds. The summed E-state index contributed by atoms with van der Waals surface area (Å²) in [5, 5.41) is 2.72. The number of benzene rings is 2. The summed E-state index contributed by atoms with van der Waals surface area (Å²) >= 11 is 0. The van der Waals surface area contributed by atoms with Crippen LogP contribution in [-0.4, -0.2) is 54.3 Å². The van der Waals surface area contributed by atoms with Crippen LogP contribution >= 0.6 is 0 Å². The normalized spacial score (nSPS) is 16.8. The van der Waals surface area contributed by atoms with Crippen LogP contribution in [0.2, 0.25) is 0 Å². The molecule has 0 radical (unpaired) electrons. The quantitative estimate of drug-likeness (QED) is 0.826. The van der Waals surface area contributed by atoms with Crippen molar-refractivity contribution < 1.29 is 14.0 Å². The van der Waals surface area contributed by atoms with Gasteiger partial charge in [-0.1, -0.05) is 24.3 Å². The van der Waals surface area contributed by atoms with Gasteiger partial charge in [0.25, 0.3) is 0 Å². The van der Waals surface area contributed by atoms with Crippen LogP contribution in [0.5, 0.6) is 0 Å². The first-order chi connectivity index (χ1) is 14.6. The second-order valence-corrected chi connectivity index (χ2v) is 8.20. The smallest absolute Gasteiger partial charge is 0.238 e. The topological polar surface area (TPSA) is 52.7 Å². The van der Waals surface area contributed by atoms with E-state index in [4.69, 9.17) is 0 Å². The number of anilines is 1. The molecule has 5 nitrogen and oxygen atoms in total. The van der Waals surface area contributed by atoms with Crippen LogP contribution in [0.4, 0.5) is 10.1 Å². The number of hydrogen-bond donors (Lipinski definition) is 1. The first-order valence-electron chi connectivity index (χ1n) is 10.7. The second-order valence-electron chi connectivity index (χ2n) is 8.20. The molecule has 2 aliphatic rings. The molecule has 0 spiro atoms. The number of carbonyl (C=O) groups is 2. The zero-order valence-corrected chi connectivity index (χ0v) is 17.2. The molecule has 2 aromatic carbocycles. The Kier molecular flexibility index (Phi) is 6.43. The molecule has 2 aromatic rings. The molecule has 0 unspecified atom stereocenters. The SMILES string of the molecule is O=C(CN1CCN(C(=O)Cc2ccc3c(c2)CCCC3)CC1)Nc1cccc(F)c1. The molecular weight excluding hydrogens is 381 g/mol. The van der Waals surface area contributed by atoms with E-state index in [-0.39, 0.29) is 24.2 Å². The Morgan fingerprint density at radius 2 is 1.70 bits per heavy atom. The van der Waals surface area contributed by atoms with Crippen molar-refractivity contribution in [3.63, 3.8) is 0 Å². The zero-order valence-electron chi connectivity index (χ0n) is 17.2. The summed E-state index contributed by atoms with van der Waals surface area (Å²) < 4.78 is 13.2. The van der Waals surface area contributed by atoms with Crippen molar-refractivity contribution in [3.05, 3.63) is 65.0 Å². The van der Waals surface area contributed by atoms with Gasteiger partial charge in [0.15, 0.2) is 0 Å². The Labute approximate surface area is 176 Å². The Bertz CT molecular complexity index is 922. The fourth-order valence-corrected chi connectivity index (χ4v) is 4.31. The average molecular weight is 410 g/mol. The third-order valence-electron chi connectivity index (χ3n) is 5.97. The minimum atomic E-state index is -0.376. The molecule has 1 fully saturated rings. The second kappa shape index (κ2) is 9.39. The highest BCUT2D eigenvalue weighted by atomic mass is 19.1. The van der Waals surface area contributed by atoms with Crippen molar-refractivity contribution in [2.75, 3.05) is 38.0 Å². The van der Waals surface area contributed by atoms with E-state index >= 15 is 0 Å². The lowest BCUT2D eigenvalue weighted by Crippen LogP contribution is -2.50. The van der Waals surface area contributed by atoms with Crippen LogP contribution in [0.3, 0.4) is 0 Å². The van der Waals surface area contributed by atoms with Gasteiger partial charge in [0.1, 0.15) is 5.82 Å². The summed E-state index contributed by atoms with van der Waals surface area (Å²) in [6.45, 7) is 2.80. The Balaban J connectivity index is 1.24. The van der Waals surface area contributed by atoms with Gasteiger partial charge < -0.3 is 10.2 Å². The lowest BCUT2D eigenvalue weighted by molar-refractivity contribution is -0.132. The number of carbonyl (C=O) groups excluding carboxylic acids is 2. The summed E-state index contributed by atoms with van der Waals surface area (Å²) in [5.41, 5.74) is 4.39. The van der Waals surface area contributed by atoms with E-state index in [0.29, 0.717) is 38.3 Å². The summed E-state index contributed by atoms with van der Waals surface area (Å²) in [5.74, 6) is -0.400. The van der Waals surface area contributed by atoms with Crippen LogP contribution in [0, 0.1) is 5.82 Å². The van der Waals surface area contributed by atoms with E-state index in [1.54, 1.807) is 12.1 Å². The summed E-state index contributed by atoms with van der Waals surface area (Å²) in [6, 6.07) is 12.4. The van der Waals surface area contributed by atoms with Gasteiger partial charge in [-0.25, -0.2) is 4.39 Å². The molecule has 158 valence electrons. The van der Waals surface area contributed by atoms with Crippen LogP contribution in [0.1, 0.15) is 29.5 Å². The Hall–Kier alpha value is -2.73. The maximum atomic E-state index is 13.2. The summed E-state index contributed by atoms with van der Waals surface area (Å²) in [4.78, 5) is 28.9. The predicted molar refractivity (Wildman–Crippen MR) is 115 cm³/mol. The number of halogens is 1. The van der Waals surface area contributed by atoms with Crippen molar-refractivity contribution in [3.8, 4) is 0 Å². The fourth-order valence-electron chi connectivity index (χ4n) is 4.31. The largest absolute Gasteiger partial charge is 0.340 e. The van der Waals surface area contributed by atoms with Crippen molar-refractivity contribution >= 4 is 17.5 Å². The number of nitrogens with one attached hydrogen (secondary N) is 1. The molecule has 6 heteroatoms. The predicted octanol–water partition coefficient (Wildman–Crippen LogP) is 3.03. The third kappa shape index (κ3) is 5.25. The number of hydrogen-bond acceptors (Lipinski definition) is 3. The molecule has 1 heterocycles. The number of nitrogens with zero attached hydrogens (tertiary/aromatic N) is 2. The van der Waals surface area contributed by atoms with E-state index in [0.717, 1.165) is 18.4 Å². The molecule has 1 N–H and O–H groups in total. The van der Waals surface area contributed by atoms with Crippen LogP contribution in [0.15, 0.2) is 42.5 Å². The summed E-state index contributed by atoms with van der Waals surface area (Å²) in [6.07, 6.45) is 5.20. The molecule has 1 aliphatic heterocycles. The van der Waals surface area contributed by atoms with Crippen molar-refractivity contribution in [2.24, 2.45) is 0 Å². The van der Waals surface area contributed by atoms with E-state index < -0.39 is 0 Å².